The number of halogens is 1. The van der Waals surface area contributed by atoms with Crippen LogP contribution in [0.25, 0.3) is 5.57 Å². The fraction of sp³-hybridized carbons (Fsp3) is 0.653. The minimum absolute atomic E-state index is 0.0579. The molecule has 63 heavy (non-hydrogen) atoms. The van der Waals surface area contributed by atoms with Gasteiger partial charge in [0.15, 0.2) is 0 Å². The van der Waals surface area contributed by atoms with Crippen molar-refractivity contribution in [2.24, 2.45) is 34.5 Å². The average Bonchev–Trinajstić information content (AvgIpc) is 3.76. The van der Waals surface area contributed by atoms with E-state index in [0.29, 0.717) is 41.3 Å². The van der Waals surface area contributed by atoms with E-state index in [-0.39, 0.29) is 65.2 Å². The summed E-state index contributed by atoms with van der Waals surface area (Å²) in [5.41, 5.74) is 1.66. The van der Waals surface area contributed by atoms with Crippen LogP contribution in [0, 0.1) is 45.8 Å². The Morgan fingerprint density at radius 2 is 1.65 bits per heavy atom. The number of hydrogen-bond donors (Lipinski definition) is 6. The molecule has 8 rings (SSSR count). The first-order chi connectivity index (χ1) is 29.9. The highest BCUT2D eigenvalue weighted by molar-refractivity contribution is 6.31. The Bertz CT molecular complexity index is 2060. The van der Waals surface area contributed by atoms with Gasteiger partial charge in [-0.05, 0) is 106 Å². The Hall–Kier alpha value is -3.74. The summed E-state index contributed by atoms with van der Waals surface area (Å²) in [6, 6.07) is 12.9. The van der Waals surface area contributed by atoms with Crippen molar-refractivity contribution in [1.82, 2.24) is 36.4 Å². The number of fused-ring (bicyclic) bond motifs is 1. The highest BCUT2D eigenvalue weighted by Gasteiger charge is 2.64. The molecular weight excluding hydrogens is 816 g/mol. The van der Waals surface area contributed by atoms with Crippen LogP contribution in [0.5, 0.6) is 11.5 Å². The molecule has 13 nitrogen and oxygen atoms in total. The molecule has 5 fully saturated rings. The molecule has 5 aliphatic heterocycles. The predicted octanol–water partition coefficient (Wildman–Crippen LogP) is 5.52. The number of likely N-dealkylation sites (tertiary alicyclic amines) is 1. The molecule has 4 atom stereocenters. The maximum Gasteiger partial charge on any atom is 0.244 e. The summed E-state index contributed by atoms with van der Waals surface area (Å²) >= 11 is 6.28. The van der Waals surface area contributed by atoms with Crippen molar-refractivity contribution in [3.63, 3.8) is 0 Å². The third-order valence-corrected chi connectivity index (χ3v) is 15.5. The molecule has 0 aromatic heterocycles. The first-order valence-corrected chi connectivity index (χ1v) is 23.7. The number of ether oxygens (including phenoxy) is 2. The van der Waals surface area contributed by atoms with Gasteiger partial charge in [0.25, 0.3) is 0 Å². The highest BCUT2D eigenvalue weighted by atomic mass is 35.5. The zero-order chi connectivity index (χ0) is 44.8. The number of carbonyl (C=O) groups excluding carboxylic acids is 2. The minimum Gasteiger partial charge on any atom is -0.489 e. The Morgan fingerprint density at radius 1 is 0.937 bits per heavy atom. The quantitative estimate of drug-likeness (QED) is 0.159. The van der Waals surface area contributed by atoms with Crippen LogP contribution in [-0.2, 0) is 15.2 Å². The molecule has 0 spiro atoms. The molecule has 4 saturated heterocycles. The lowest BCUT2D eigenvalue weighted by atomic mass is 9.49. The van der Waals surface area contributed by atoms with Gasteiger partial charge in [0.2, 0.25) is 11.8 Å². The van der Waals surface area contributed by atoms with E-state index in [0.717, 1.165) is 67.9 Å². The van der Waals surface area contributed by atoms with E-state index >= 15 is 0 Å². The van der Waals surface area contributed by atoms with Gasteiger partial charge in [-0.15, -0.1) is 0 Å². The second-order valence-electron chi connectivity index (χ2n) is 20.9. The van der Waals surface area contributed by atoms with Gasteiger partial charge in [0.1, 0.15) is 36.2 Å². The Morgan fingerprint density at radius 3 is 2.30 bits per heavy atom. The number of piperidine rings is 2. The number of nitrogens with one attached hydrogen (secondary N) is 5. The zero-order valence-electron chi connectivity index (χ0n) is 38.2. The second kappa shape index (κ2) is 18.3. The molecule has 2 amide bonds. The van der Waals surface area contributed by atoms with E-state index in [1.54, 1.807) is 36.9 Å². The molecule has 2 aromatic carbocycles. The third kappa shape index (κ3) is 9.51. The maximum absolute atomic E-state index is 13.6. The van der Waals surface area contributed by atoms with E-state index in [2.05, 4.69) is 71.3 Å². The van der Waals surface area contributed by atoms with Gasteiger partial charge in [-0.25, -0.2) is 0 Å². The summed E-state index contributed by atoms with van der Waals surface area (Å²) in [7, 11) is 1.82. The Balaban J connectivity index is 0.756. The molecule has 14 heteroatoms. The lowest BCUT2D eigenvalue weighted by Crippen LogP contribution is -2.75. The summed E-state index contributed by atoms with van der Waals surface area (Å²) in [5, 5.41) is 38.3. The van der Waals surface area contributed by atoms with Gasteiger partial charge >= 0.3 is 0 Å². The first-order valence-electron chi connectivity index (χ1n) is 23.3. The Labute approximate surface area is 379 Å². The van der Waals surface area contributed by atoms with Crippen molar-refractivity contribution in [2.75, 3.05) is 46.3 Å². The van der Waals surface area contributed by atoms with Crippen LogP contribution in [-0.4, -0.2) is 104 Å². The number of benzene rings is 2. The van der Waals surface area contributed by atoms with Gasteiger partial charge in [-0.3, -0.25) is 30.4 Å². The molecule has 0 radical (unpaired) electrons. The summed E-state index contributed by atoms with van der Waals surface area (Å²) in [4.78, 5) is 30.7. The number of hydrogen-bond acceptors (Lipinski definition) is 11. The van der Waals surface area contributed by atoms with Crippen LogP contribution in [0.2, 0.25) is 5.02 Å². The monoisotopic (exact) mass is 885 g/mol. The van der Waals surface area contributed by atoms with Gasteiger partial charge in [-0.1, -0.05) is 51.8 Å². The van der Waals surface area contributed by atoms with E-state index in [1.165, 1.54) is 25.7 Å². The normalized spacial score (nSPS) is 31.0. The van der Waals surface area contributed by atoms with Crippen LogP contribution >= 0.6 is 11.6 Å². The van der Waals surface area contributed by atoms with Crippen molar-refractivity contribution in [1.29, 1.82) is 5.26 Å². The highest BCUT2D eigenvalue weighted by Crippen LogP contribution is 2.55. The lowest BCUT2D eigenvalue weighted by Gasteiger charge is -2.63. The average molecular weight is 886 g/mol. The fourth-order valence-corrected chi connectivity index (χ4v) is 11.9. The minimum atomic E-state index is -1.00. The molecule has 1 aliphatic carbocycles. The lowest BCUT2D eigenvalue weighted by molar-refractivity contribution is -0.174. The zero-order valence-corrected chi connectivity index (χ0v) is 39.0. The maximum atomic E-state index is 13.6. The summed E-state index contributed by atoms with van der Waals surface area (Å²) < 4.78 is 13.1. The smallest absolute Gasteiger partial charge is 0.244 e. The van der Waals surface area contributed by atoms with Gasteiger partial charge in [0.05, 0.1) is 28.1 Å². The molecule has 2 aromatic rings. The summed E-state index contributed by atoms with van der Waals surface area (Å²) in [6.45, 7) is 17.2. The largest absolute Gasteiger partial charge is 0.489 e. The van der Waals surface area contributed by atoms with Crippen LogP contribution < -0.4 is 36.1 Å². The predicted molar refractivity (Wildman–Crippen MR) is 244 cm³/mol. The van der Waals surface area contributed by atoms with Crippen LogP contribution in [0.15, 0.2) is 42.6 Å². The number of carbonyl (C=O) groups is 2. The van der Waals surface area contributed by atoms with Crippen molar-refractivity contribution < 1.29 is 24.2 Å². The van der Waals surface area contributed by atoms with Crippen LogP contribution in [0.3, 0.4) is 0 Å². The number of aliphatic hydroxyl groups is 1. The fourth-order valence-electron chi connectivity index (χ4n) is 11.7. The number of rotatable bonds is 12. The van der Waals surface area contributed by atoms with E-state index in [1.807, 2.05) is 25.4 Å². The third-order valence-electron chi connectivity index (χ3n) is 15.2. The number of nitrogens with zero attached hydrogens (tertiary/aromatic N) is 3. The number of likely N-dealkylation sites (N-methyl/N-ethyl adjacent to an activating group) is 1. The molecule has 6 N–H and O–H groups in total. The molecule has 1 saturated carbocycles. The molecule has 342 valence electrons. The molecule has 4 unspecified atom stereocenters. The number of nitriles is 1. The topological polar surface area (TPSA) is 163 Å². The molecule has 6 aliphatic rings. The number of amides is 2. The van der Waals surface area contributed by atoms with Crippen molar-refractivity contribution in [3.05, 3.63) is 64.3 Å². The van der Waals surface area contributed by atoms with Gasteiger partial charge in [0, 0.05) is 80.4 Å². The molecular formula is C49H69ClN8O5. The SMILES string of the molecule is CN1C=C(c2cc(C(C)(C)O)ccc2OC2CCC(CCC3CCN(C4NCC(C(=O)NC5C(C)(C)C(Oc6ccc(C#N)c(Cl)c6)C5(C)C)CN4)CC3)CN2)C2CCNC2C1=O. The van der Waals surface area contributed by atoms with Crippen molar-refractivity contribution >= 4 is 29.0 Å². The molecule has 5 heterocycles. The van der Waals surface area contributed by atoms with Gasteiger partial charge < -0.3 is 30.1 Å². The van der Waals surface area contributed by atoms with Crippen LogP contribution in [0.4, 0.5) is 0 Å². The van der Waals surface area contributed by atoms with E-state index < -0.39 is 5.60 Å². The standard InChI is InChI=1S/C49H69ClN8O5/c1-47(2)44(48(3,4)45(47)62-34-13-11-31(24-51)38(50)23-34)56-42(59)32-26-54-46(55-27-32)58-20-17-29(18-21-58)8-9-30-10-15-40(53-25-30)63-39-14-12-33(49(5,6)61)22-36(39)37-28-57(7)43(60)41-35(37)16-19-52-41/h11-14,22-23,28-30,32,35,40-41,44-46,52-55,61H,8-10,15-21,25-27H2,1-7H3,(H,56,59). The first kappa shape index (κ1) is 45.8. The second-order valence-corrected chi connectivity index (χ2v) is 21.3. The Kier molecular flexibility index (Phi) is 13.3. The van der Waals surface area contributed by atoms with E-state index in [4.69, 9.17) is 21.1 Å². The van der Waals surface area contributed by atoms with Gasteiger partial charge in [-0.2, -0.15) is 5.26 Å². The van der Waals surface area contributed by atoms with Crippen molar-refractivity contribution in [2.45, 2.75) is 123 Å². The summed E-state index contributed by atoms with van der Waals surface area (Å²) in [6.07, 6.45) is 9.53. The van der Waals surface area contributed by atoms with Crippen molar-refractivity contribution in [3.8, 4) is 17.6 Å². The van der Waals surface area contributed by atoms with E-state index in [9.17, 15) is 20.0 Å². The summed E-state index contributed by atoms with van der Waals surface area (Å²) in [5.74, 6) is 2.81. The van der Waals surface area contributed by atoms with Crippen LogP contribution in [0.1, 0.15) is 103 Å². The molecule has 0 bridgehead atoms.